The maximum Gasteiger partial charge on any atom is 0.227 e. The van der Waals surface area contributed by atoms with Gasteiger partial charge in [0.2, 0.25) is 11.8 Å². The molecule has 1 aromatic carbocycles. The van der Waals surface area contributed by atoms with Crippen LogP contribution in [0.25, 0.3) is 0 Å². The highest BCUT2D eigenvalue weighted by Crippen LogP contribution is 2.21. The minimum absolute atomic E-state index is 0.0682. The van der Waals surface area contributed by atoms with Gasteiger partial charge in [0.1, 0.15) is 5.75 Å². The summed E-state index contributed by atoms with van der Waals surface area (Å²) in [5, 5.41) is 0. The highest BCUT2D eigenvalue weighted by Gasteiger charge is 2.32. The van der Waals surface area contributed by atoms with Crippen LogP contribution in [0.2, 0.25) is 0 Å². The largest absolute Gasteiger partial charge is 0.493 e. The summed E-state index contributed by atoms with van der Waals surface area (Å²) in [6.07, 6.45) is 3.89. The highest BCUT2D eigenvalue weighted by molar-refractivity contribution is 5.81. The Hall–Kier alpha value is -2.93. The van der Waals surface area contributed by atoms with Gasteiger partial charge in [-0.1, -0.05) is 24.3 Å². The molecule has 1 atom stereocenters. The number of piperidine rings is 1. The van der Waals surface area contributed by atoms with Gasteiger partial charge in [-0.2, -0.15) is 0 Å². The van der Waals surface area contributed by atoms with Gasteiger partial charge in [-0.3, -0.25) is 19.5 Å². The van der Waals surface area contributed by atoms with Gasteiger partial charge in [0, 0.05) is 52.0 Å². The van der Waals surface area contributed by atoms with E-state index in [1.165, 1.54) is 0 Å². The normalized spacial score (nSPS) is 19.6. The lowest BCUT2D eigenvalue weighted by atomic mass is 9.96. The molecule has 0 N–H and O–H groups in total. The molecule has 0 unspecified atom stereocenters. The van der Waals surface area contributed by atoms with E-state index in [1.54, 1.807) is 0 Å². The summed E-state index contributed by atoms with van der Waals surface area (Å²) < 4.78 is 5.66. The monoisotopic (exact) mass is 436 g/mol. The van der Waals surface area contributed by atoms with Crippen LogP contribution in [0.1, 0.15) is 25.0 Å². The molecule has 2 saturated heterocycles. The van der Waals surface area contributed by atoms with E-state index >= 15 is 0 Å². The Morgan fingerprint density at radius 2 is 1.72 bits per heavy atom. The summed E-state index contributed by atoms with van der Waals surface area (Å²) in [6, 6.07) is 15.5. The van der Waals surface area contributed by atoms with E-state index in [9.17, 15) is 9.59 Å². The third kappa shape index (κ3) is 6.07. The summed E-state index contributed by atoms with van der Waals surface area (Å²) in [4.78, 5) is 36.3. The van der Waals surface area contributed by atoms with E-state index in [0.29, 0.717) is 19.6 Å². The van der Waals surface area contributed by atoms with Crippen molar-refractivity contribution >= 4 is 11.8 Å². The number of benzene rings is 1. The molecule has 2 fully saturated rings. The number of carbonyl (C=O) groups is 2. The van der Waals surface area contributed by atoms with E-state index < -0.39 is 0 Å². The molecule has 0 saturated carbocycles. The van der Waals surface area contributed by atoms with Gasteiger partial charge in [0.05, 0.1) is 24.6 Å². The van der Waals surface area contributed by atoms with Crippen molar-refractivity contribution in [2.75, 3.05) is 45.9 Å². The number of amides is 2. The highest BCUT2D eigenvalue weighted by atomic mass is 16.5. The fourth-order valence-electron chi connectivity index (χ4n) is 4.44. The zero-order valence-electron chi connectivity index (χ0n) is 18.6. The van der Waals surface area contributed by atoms with Crippen LogP contribution in [0, 0.1) is 5.92 Å². The third-order valence-corrected chi connectivity index (χ3v) is 6.25. The topological polar surface area (TPSA) is 66.0 Å². The summed E-state index contributed by atoms with van der Waals surface area (Å²) >= 11 is 0. The molecule has 7 nitrogen and oxygen atoms in total. The van der Waals surface area contributed by atoms with E-state index in [2.05, 4.69) is 9.88 Å². The van der Waals surface area contributed by atoms with Gasteiger partial charge in [0.25, 0.3) is 0 Å². The van der Waals surface area contributed by atoms with Gasteiger partial charge in [0.15, 0.2) is 0 Å². The van der Waals surface area contributed by atoms with Crippen molar-refractivity contribution < 1.29 is 14.3 Å². The molecule has 1 aromatic heterocycles. The molecule has 7 heteroatoms. The number of piperazine rings is 1. The third-order valence-electron chi connectivity index (χ3n) is 6.25. The van der Waals surface area contributed by atoms with Gasteiger partial charge >= 0.3 is 0 Å². The maximum absolute atomic E-state index is 13.1. The predicted molar refractivity (Wildman–Crippen MR) is 122 cm³/mol. The second-order valence-corrected chi connectivity index (χ2v) is 8.51. The van der Waals surface area contributed by atoms with E-state index in [-0.39, 0.29) is 17.7 Å². The molecule has 32 heavy (non-hydrogen) atoms. The number of likely N-dealkylation sites (tertiary alicyclic amines) is 1. The van der Waals surface area contributed by atoms with Gasteiger partial charge in [-0.25, -0.2) is 0 Å². The summed E-state index contributed by atoms with van der Waals surface area (Å²) in [5.74, 6) is 0.943. The number of hydrogen-bond acceptors (Lipinski definition) is 5. The average molecular weight is 437 g/mol. The quantitative estimate of drug-likeness (QED) is 0.667. The molecular formula is C25H32N4O3. The molecular weight excluding hydrogens is 404 g/mol. The smallest absolute Gasteiger partial charge is 0.227 e. The molecule has 2 aromatic rings. The Bertz CT molecular complexity index is 869. The first-order valence-corrected chi connectivity index (χ1v) is 11.6. The maximum atomic E-state index is 13.1. The standard InChI is InChI=1S/C25H32N4O3/c30-24(11-18-32-23-9-2-1-3-10-23)29-13-6-7-21(19-29)25(31)28-16-14-27(15-17-28)20-22-8-4-5-12-26-22/h1-5,8-10,12,21H,6-7,11,13-20H2/t21-/m1/s1. The Labute approximate surface area is 190 Å². The van der Waals surface area contributed by atoms with Crippen LogP contribution >= 0.6 is 0 Å². The number of ether oxygens (including phenoxy) is 1. The van der Waals surface area contributed by atoms with Gasteiger partial charge < -0.3 is 14.5 Å². The number of rotatable bonds is 7. The number of nitrogens with zero attached hydrogens (tertiary/aromatic N) is 4. The van der Waals surface area contributed by atoms with Crippen molar-refractivity contribution in [3.8, 4) is 5.75 Å². The van der Waals surface area contributed by atoms with Crippen molar-refractivity contribution in [1.82, 2.24) is 19.7 Å². The molecule has 2 amide bonds. The first-order valence-electron chi connectivity index (χ1n) is 11.6. The summed E-state index contributed by atoms with van der Waals surface area (Å²) in [6.45, 7) is 5.61. The fourth-order valence-corrected chi connectivity index (χ4v) is 4.44. The SMILES string of the molecule is O=C(CCOc1ccccc1)N1CCC[C@@H](C(=O)N2CCN(Cc3ccccn3)CC2)C1. The van der Waals surface area contributed by atoms with Crippen LogP contribution in [0.3, 0.4) is 0 Å². The van der Waals surface area contributed by atoms with Crippen molar-refractivity contribution in [3.05, 3.63) is 60.4 Å². The van der Waals surface area contributed by atoms with Crippen LogP contribution in [-0.4, -0.2) is 77.4 Å². The molecule has 0 spiro atoms. The van der Waals surface area contributed by atoms with Crippen LogP contribution in [0.4, 0.5) is 0 Å². The minimum atomic E-state index is -0.0925. The zero-order chi connectivity index (χ0) is 22.2. The molecule has 0 aliphatic carbocycles. The number of pyridine rings is 1. The Morgan fingerprint density at radius 3 is 2.47 bits per heavy atom. The second-order valence-electron chi connectivity index (χ2n) is 8.51. The second kappa shape index (κ2) is 11.1. The number of para-hydroxylation sites is 1. The van der Waals surface area contributed by atoms with Crippen LogP contribution < -0.4 is 4.74 Å². The molecule has 0 bridgehead atoms. The van der Waals surface area contributed by atoms with E-state index in [4.69, 9.17) is 4.74 Å². The van der Waals surface area contributed by atoms with E-state index in [0.717, 1.165) is 63.6 Å². The Morgan fingerprint density at radius 1 is 0.938 bits per heavy atom. The fraction of sp³-hybridized carbons (Fsp3) is 0.480. The van der Waals surface area contributed by atoms with Gasteiger partial charge in [-0.05, 0) is 37.1 Å². The Kier molecular flexibility index (Phi) is 7.72. The van der Waals surface area contributed by atoms with E-state index in [1.807, 2.05) is 64.5 Å². The first kappa shape index (κ1) is 22.3. The van der Waals surface area contributed by atoms with Crippen LogP contribution in [0.5, 0.6) is 5.75 Å². The number of carbonyl (C=O) groups excluding carboxylic acids is 2. The molecule has 2 aliphatic heterocycles. The van der Waals surface area contributed by atoms with Gasteiger partial charge in [-0.15, -0.1) is 0 Å². The number of hydrogen-bond donors (Lipinski definition) is 0. The summed E-state index contributed by atoms with van der Waals surface area (Å²) in [7, 11) is 0. The Balaban J connectivity index is 1.20. The lowest BCUT2D eigenvalue weighted by Gasteiger charge is -2.39. The molecule has 2 aliphatic rings. The van der Waals surface area contributed by atoms with Crippen molar-refractivity contribution in [1.29, 1.82) is 0 Å². The lowest BCUT2D eigenvalue weighted by molar-refractivity contribution is -0.142. The molecule has 3 heterocycles. The molecule has 4 rings (SSSR count). The average Bonchev–Trinajstić information content (AvgIpc) is 2.85. The van der Waals surface area contributed by atoms with Crippen molar-refractivity contribution in [2.24, 2.45) is 5.92 Å². The minimum Gasteiger partial charge on any atom is -0.493 e. The van der Waals surface area contributed by atoms with Crippen LogP contribution in [-0.2, 0) is 16.1 Å². The zero-order valence-corrected chi connectivity index (χ0v) is 18.6. The predicted octanol–water partition coefficient (Wildman–Crippen LogP) is 2.43. The summed E-state index contributed by atoms with van der Waals surface area (Å²) in [5.41, 5.74) is 1.06. The first-order chi connectivity index (χ1) is 15.7. The number of aromatic nitrogens is 1. The van der Waals surface area contributed by atoms with Crippen LogP contribution in [0.15, 0.2) is 54.7 Å². The van der Waals surface area contributed by atoms with Crippen molar-refractivity contribution in [2.45, 2.75) is 25.8 Å². The molecule has 170 valence electrons. The van der Waals surface area contributed by atoms with Crippen molar-refractivity contribution in [3.63, 3.8) is 0 Å². The molecule has 0 radical (unpaired) electrons. The lowest BCUT2D eigenvalue weighted by Crippen LogP contribution is -2.52.